The SMILES string of the molecule is Fc1cccc(Cn2c(C3CC3)n[nH]c2=S)c1. The molecule has 0 aliphatic heterocycles. The molecule has 2 aromatic rings. The highest BCUT2D eigenvalue weighted by Gasteiger charge is 2.28. The van der Waals surface area contributed by atoms with E-state index in [1.807, 2.05) is 10.6 Å². The van der Waals surface area contributed by atoms with Gasteiger partial charge in [0.1, 0.15) is 11.6 Å². The summed E-state index contributed by atoms with van der Waals surface area (Å²) in [6.45, 7) is 0.582. The quantitative estimate of drug-likeness (QED) is 0.848. The number of hydrogen-bond donors (Lipinski definition) is 1. The molecule has 0 bridgehead atoms. The smallest absolute Gasteiger partial charge is 0.195 e. The standard InChI is InChI=1S/C12H12FN3S/c13-10-3-1-2-8(6-10)7-16-11(9-4-5-9)14-15-12(16)17/h1-3,6,9H,4-5,7H2,(H,15,17). The van der Waals surface area contributed by atoms with Crippen molar-refractivity contribution in [1.82, 2.24) is 14.8 Å². The monoisotopic (exact) mass is 249 g/mol. The van der Waals surface area contributed by atoms with Crippen molar-refractivity contribution in [2.24, 2.45) is 0 Å². The molecule has 1 N–H and O–H groups in total. The maximum absolute atomic E-state index is 13.1. The molecule has 5 heteroatoms. The first kappa shape index (κ1) is 10.7. The fourth-order valence-electron chi connectivity index (χ4n) is 1.95. The van der Waals surface area contributed by atoms with Crippen molar-refractivity contribution >= 4 is 12.2 Å². The molecule has 0 radical (unpaired) electrons. The molecule has 3 nitrogen and oxygen atoms in total. The Morgan fingerprint density at radius 2 is 2.29 bits per heavy atom. The van der Waals surface area contributed by atoms with Crippen LogP contribution in [-0.4, -0.2) is 14.8 Å². The van der Waals surface area contributed by atoms with Gasteiger partial charge in [0.05, 0.1) is 6.54 Å². The molecule has 1 aromatic heterocycles. The minimum absolute atomic E-state index is 0.217. The number of nitrogens with zero attached hydrogens (tertiary/aromatic N) is 2. The lowest BCUT2D eigenvalue weighted by Crippen LogP contribution is -2.04. The van der Waals surface area contributed by atoms with Gasteiger partial charge in [0, 0.05) is 5.92 Å². The van der Waals surface area contributed by atoms with E-state index in [1.54, 1.807) is 6.07 Å². The molecule has 1 aliphatic carbocycles. The second-order valence-electron chi connectivity index (χ2n) is 4.38. The van der Waals surface area contributed by atoms with Gasteiger partial charge in [-0.05, 0) is 42.8 Å². The van der Waals surface area contributed by atoms with E-state index in [2.05, 4.69) is 10.2 Å². The highest BCUT2D eigenvalue weighted by atomic mass is 32.1. The molecule has 0 amide bonds. The third-order valence-corrected chi connectivity index (χ3v) is 3.27. The Bertz CT molecular complexity index is 598. The number of nitrogens with one attached hydrogen (secondary N) is 1. The number of aromatic nitrogens is 3. The summed E-state index contributed by atoms with van der Waals surface area (Å²) in [6.07, 6.45) is 2.34. The lowest BCUT2D eigenvalue weighted by atomic mass is 10.2. The summed E-state index contributed by atoms with van der Waals surface area (Å²) in [7, 11) is 0. The van der Waals surface area contributed by atoms with E-state index in [0.717, 1.165) is 11.4 Å². The average molecular weight is 249 g/mol. The van der Waals surface area contributed by atoms with E-state index >= 15 is 0 Å². The van der Waals surface area contributed by atoms with E-state index in [-0.39, 0.29) is 5.82 Å². The number of H-pyrrole nitrogens is 1. The third-order valence-electron chi connectivity index (χ3n) is 2.96. The van der Waals surface area contributed by atoms with Gasteiger partial charge in [-0.2, -0.15) is 5.10 Å². The molecule has 1 heterocycles. The van der Waals surface area contributed by atoms with Crippen LogP contribution in [0.4, 0.5) is 4.39 Å². The van der Waals surface area contributed by atoms with Gasteiger partial charge in [-0.3, -0.25) is 9.67 Å². The molecule has 3 rings (SSSR count). The van der Waals surface area contributed by atoms with Crippen LogP contribution < -0.4 is 0 Å². The minimum atomic E-state index is -0.217. The van der Waals surface area contributed by atoms with Crippen LogP contribution in [0.2, 0.25) is 0 Å². The fraction of sp³-hybridized carbons (Fsp3) is 0.333. The number of aromatic amines is 1. The van der Waals surface area contributed by atoms with E-state index < -0.39 is 0 Å². The van der Waals surface area contributed by atoms with Crippen molar-refractivity contribution in [2.45, 2.75) is 25.3 Å². The Kier molecular flexibility index (Phi) is 2.55. The van der Waals surface area contributed by atoms with Gasteiger partial charge in [0.2, 0.25) is 0 Å². The molecule has 0 spiro atoms. The van der Waals surface area contributed by atoms with Crippen molar-refractivity contribution < 1.29 is 4.39 Å². The lowest BCUT2D eigenvalue weighted by Gasteiger charge is -2.06. The maximum atomic E-state index is 13.1. The predicted molar refractivity (Wildman–Crippen MR) is 64.9 cm³/mol. The molecule has 0 atom stereocenters. The van der Waals surface area contributed by atoms with Crippen molar-refractivity contribution in [3.05, 3.63) is 46.2 Å². The minimum Gasteiger partial charge on any atom is -0.299 e. The second-order valence-corrected chi connectivity index (χ2v) is 4.76. The van der Waals surface area contributed by atoms with Gasteiger partial charge in [-0.1, -0.05) is 12.1 Å². The van der Waals surface area contributed by atoms with Crippen molar-refractivity contribution in [3.8, 4) is 0 Å². The zero-order chi connectivity index (χ0) is 11.8. The molecule has 0 saturated heterocycles. The highest BCUT2D eigenvalue weighted by molar-refractivity contribution is 7.71. The summed E-state index contributed by atoms with van der Waals surface area (Å²) in [5.41, 5.74) is 0.907. The van der Waals surface area contributed by atoms with Gasteiger partial charge in [-0.25, -0.2) is 4.39 Å². The van der Waals surface area contributed by atoms with Gasteiger partial charge in [-0.15, -0.1) is 0 Å². The largest absolute Gasteiger partial charge is 0.299 e. The molecule has 88 valence electrons. The van der Waals surface area contributed by atoms with Crippen LogP contribution in [0, 0.1) is 10.6 Å². The van der Waals surface area contributed by atoms with Crippen LogP contribution in [0.5, 0.6) is 0 Å². The first-order valence-corrected chi connectivity index (χ1v) is 6.04. The maximum Gasteiger partial charge on any atom is 0.195 e. The molecule has 1 saturated carbocycles. The summed E-state index contributed by atoms with van der Waals surface area (Å²) in [5.74, 6) is 1.31. The third kappa shape index (κ3) is 2.15. The Balaban J connectivity index is 1.94. The summed E-state index contributed by atoms with van der Waals surface area (Å²) in [5, 5.41) is 7.06. The van der Waals surface area contributed by atoms with Gasteiger partial charge < -0.3 is 0 Å². The number of hydrogen-bond acceptors (Lipinski definition) is 2. The zero-order valence-electron chi connectivity index (χ0n) is 9.19. The summed E-state index contributed by atoms with van der Waals surface area (Å²) >= 11 is 5.20. The molecule has 1 aliphatic rings. The molecular weight excluding hydrogens is 237 g/mol. The Labute approximate surface area is 103 Å². The van der Waals surface area contributed by atoms with Crippen LogP contribution >= 0.6 is 12.2 Å². The lowest BCUT2D eigenvalue weighted by molar-refractivity contribution is 0.622. The Morgan fingerprint density at radius 3 is 3.00 bits per heavy atom. The number of rotatable bonds is 3. The van der Waals surface area contributed by atoms with Crippen LogP contribution in [0.15, 0.2) is 24.3 Å². The van der Waals surface area contributed by atoms with Crippen molar-refractivity contribution in [2.75, 3.05) is 0 Å². The van der Waals surface area contributed by atoms with Crippen LogP contribution in [-0.2, 0) is 6.54 Å². The Hall–Kier alpha value is -1.49. The van der Waals surface area contributed by atoms with Crippen LogP contribution in [0.3, 0.4) is 0 Å². The predicted octanol–water partition coefficient (Wildman–Crippen LogP) is 3.01. The molecule has 1 fully saturated rings. The first-order chi connectivity index (χ1) is 8.24. The zero-order valence-corrected chi connectivity index (χ0v) is 10.0. The fourth-order valence-corrected chi connectivity index (χ4v) is 2.16. The highest BCUT2D eigenvalue weighted by Crippen LogP contribution is 2.38. The number of halogens is 1. The molecule has 1 aromatic carbocycles. The summed E-state index contributed by atoms with van der Waals surface area (Å²) in [6, 6.07) is 6.59. The summed E-state index contributed by atoms with van der Waals surface area (Å²) < 4.78 is 15.7. The summed E-state index contributed by atoms with van der Waals surface area (Å²) in [4.78, 5) is 0. The molecule has 0 unspecified atom stereocenters. The van der Waals surface area contributed by atoms with E-state index in [4.69, 9.17) is 12.2 Å². The normalized spacial score (nSPS) is 15.1. The van der Waals surface area contributed by atoms with Crippen molar-refractivity contribution in [3.63, 3.8) is 0 Å². The first-order valence-electron chi connectivity index (χ1n) is 5.63. The van der Waals surface area contributed by atoms with E-state index in [0.29, 0.717) is 17.2 Å². The topological polar surface area (TPSA) is 33.6 Å². The van der Waals surface area contributed by atoms with Crippen LogP contribution in [0.25, 0.3) is 0 Å². The average Bonchev–Trinajstić information content (AvgIpc) is 3.07. The Morgan fingerprint density at radius 1 is 1.47 bits per heavy atom. The molecule has 17 heavy (non-hydrogen) atoms. The van der Waals surface area contributed by atoms with Crippen LogP contribution in [0.1, 0.15) is 30.1 Å². The van der Waals surface area contributed by atoms with Gasteiger partial charge in [0.25, 0.3) is 0 Å². The van der Waals surface area contributed by atoms with Gasteiger partial charge >= 0.3 is 0 Å². The van der Waals surface area contributed by atoms with E-state index in [9.17, 15) is 4.39 Å². The van der Waals surface area contributed by atoms with Crippen molar-refractivity contribution in [1.29, 1.82) is 0 Å². The van der Waals surface area contributed by atoms with Gasteiger partial charge in [0.15, 0.2) is 4.77 Å². The molecular formula is C12H12FN3S. The number of benzene rings is 1. The van der Waals surface area contributed by atoms with E-state index in [1.165, 1.54) is 25.0 Å². The second kappa shape index (κ2) is 4.07.